The minimum atomic E-state index is -0.795. The van der Waals surface area contributed by atoms with Gasteiger partial charge in [0.25, 0.3) is 0 Å². The summed E-state index contributed by atoms with van der Waals surface area (Å²) in [6.07, 6.45) is 2.33. The van der Waals surface area contributed by atoms with Crippen molar-refractivity contribution >= 4 is 5.97 Å². The van der Waals surface area contributed by atoms with Crippen LogP contribution in [0.4, 0.5) is 0 Å². The Kier molecular flexibility index (Phi) is 5.88. The van der Waals surface area contributed by atoms with Crippen LogP contribution in [0, 0.1) is 0 Å². The second-order valence-corrected chi connectivity index (χ2v) is 4.48. The molecule has 2 unspecified atom stereocenters. The number of esters is 1. The van der Waals surface area contributed by atoms with Gasteiger partial charge >= 0.3 is 5.97 Å². The van der Waals surface area contributed by atoms with Gasteiger partial charge in [0.1, 0.15) is 5.54 Å². The minimum absolute atomic E-state index is 0.195. The maximum atomic E-state index is 11.7. The lowest BCUT2D eigenvalue weighted by atomic mass is 10.0. The van der Waals surface area contributed by atoms with E-state index < -0.39 is 5.54 Å². The molecular formula is C12H23NO4. The molecule has 5 heteroatoms. The van der Waals surface area contributed by atoms with Crippen molar-refractivity contribution in [2.75, 3.05) is 33.5 Å². The Hall–Kier alpha value is -0.650. The summed E-state index contributed by atoms with van der Waals surface area (Å²) in [5.41, 5.74) is -0.795. The molecule has 17 heavy (non-hydrogen) atoms. The smallest absolute Gasteiger partial charge is 0.328 e. The van der Waals surface area contributed by atoms with Crippen LogP contribution < -0.4 is 5.32 Å². The average molecular weight is 245 g/mol. The fourth-order valence-electron chi connectivity index (χ4n) is 1.86. The van der Waals surface area contributed by atoms with E-state index in [4.69, 9.17) is 14.2 Å². The van der Waals surface area contributed by atoms with Crippen LogP contribution in [0.5, 0.6) is 0 Å². The van der Waals surface area contributed by atoms with Crippen molar-refractivity contribution in [2.45, 2.75) is 38.3 Å². The highest BCUT2D eigenvalue weighted by Crippen LogP contribution is 2.13. The van der Waals surface area contributed by atoms with E-state index in [1.807, 2.05) is 6.92 Å². The van der Waals surface area contributed by atoms with Crippen LogP contribution in [-0.4, -0.2) is 51.1 Å². The summed E-state index contributed by atoms with van der Waals surface area (Å²) in [6, 6.07) is 0. The molecule has 100 valence electrons. The molecule has 1 fully saturated rings. The molecule has 0 spiro atoms. The van der Waals surface area contributed by atoms with Gasteiger partial charge in [-0.05, 0) is 26.7 Å². The number of nitrogens with one attached hydrogen (secondary N) is 1. The van der Waals surface area contributed by atoms with E-state index in [1.165, 1.54) is 7.11 Å². The van der Waals surface area contributed by atoms with Crippen molar-refractivity contribution in [2.24, 2.45) is 0 Å². The fraction of sp³-hybridized carbons (Fsp3) is 0.917. The Labute approximate surface area is 103 Å². The van der Waals surface area contributed by atoms with Gasteiger partial charge in [-0.25, -0.2) is 4.79 Å². The summed E-state index contributed by atoms with van der Waals surface area (Å²) in [5.74, 6) is -0.302. The van der Waals surface area contributed by atoms with Gasteiger partial charge in [0.2, 0.25) is 0 Å². The Bertz CT molecular complexity index is 241. The zero-order valence-electron chi connectivity index (χ0n) is 11.0. The van der Waals surface area contributed by atoms with E-state index >= 15 is 0 Å². The first kappa shape index (κ1) is 14.4. The predicted octanol–water partition coefficient (Wildman–Crippen LogP) is 0.723. The van der Waals surface area contributed by atoms with E-state index in [0.717, 1.165) is 19.4 Å². The van der Waals surface area contributed by atoms with Gasteiger partial charge in [-0.1, -0.05) is 0 Å². The fourth-order valence-corrected chi connectivity index (χ4v) is 1.86. The summed E-state index contributed by atoms with van der Waals surface area (Å²) >= 11 is 0. The second kappa shape index (κ2) is 6.93. The number of hydrogen-bond donors (Lipinski definition) is 1. The lowest BCUT2D eigenvalue weighted by molar-refractivity contribution is -0.150. The molecule has 5 nitrogen and oxygen atoms in total. The maximum Gasteiger partial charge on any atom is 0.328 e. The summed E-state index contributed by atoms with van der Waals surface area (Å²) in [4.78, 5) is 11.7. The SMILES string of the molecule is CCOCC(C)(NCC1CCCO1)C(=O)OC. The van der Waals surface area contributed by atoms with Crippen molar-refractivity contribution in [1.82, 2.24) is 5.32 Å². The van der Waals surface area contributed by atoms with E-state index in [2.05, 4.69) is 5.32 Å². The summed E-state index contributed by atoms with van der Waals surface area (Å²) in [6.45, 7) is 6.05. The topological polar surface area (TPSA) is 56.8 Å². The number of carbonyl (C=O) groups is 1. The quantitative estimate of drug-likeness (QED) is 0.670. The minimum Gasteiger partial charge on any atom is -0.468 e. The molecule has 0 amide bonds. The molecule has 1 saturated heterocycles. The third-order valence-corrected chi connectivity index (χ3v) is 2.97. The Balaban J connectivity index is 2.46. The zero-order chi connectivity index (χ0) is 12.7. The first-order valence-electron chi connectivity index (χ1n) is 6.15. The molecule has 1 rings (SSSR count). The molecule has 1 aliphatic rings. The molecule has 2 atom stereocenters. The maximum absolute atomic E-state index is 11.7. The summed E-state index contributed by atoms with van der Waals surface area (Å²) in [7, 11) is 1.39. The first-order valence-corrected chi connectivity index (χ1v) is 6.15. The molecular weight excluding hydrogens is 222 g/mol. The summed E-state index contributed by atoms with van der Waals surface area (Å²) < 4.78 is 15.6. The number of carbonyl (C=O) groups excluding carboxylic acids is 1. The van der Waals surface area contributed by atoms with E-state index in [1.54, 1.807) is 6.92 Å². The summed E-state index contributed by atoms with van der Waals surface area (Å²) in [5, 5.41) is 3.20. The van der Waals surface area contributed by atoms with Crippen LogP contribution in [-0.2, 0) is 19.0 Å². The number of ether oxygens (including phenoxy) is 3. The van der Waals surface area contributed by atoms with Crippen molar-refractivity contribution in [3.05, 3.63) is 0 Å². The molecule has 0 aromatic carbocycles. The van der Waals surface area contributed by atoms with Gasteiger partial charge in [0.15, 0.2) is 0 Å². The molecule has 1 heterocycles. The zero-order valence-corrected chi connectivity index (χ0v) is 11.0. The molecule has 0 saturated carbocycles. The van der Waals surface area contributed by atoms with Crippen molar-refractivity contribution in [3.63, 3.8) is 0 Å². The van der Waals surface area contributed by atoms with Crippen LogP contribution in [0.3, 0.4) is 0 Å². The standard InChI is InChI=1S/C12H23NO4/c1-4-16-9-12(2,11(14)15-3)13-8-10-6-5-7-17-10/h10,13H,4-9H2,1-3H3. The van der Waals surface area contributed by atoms with Gasteiger partial charge in [0.05, 0.1) is 19.8 Å². The third-order valence-electron chi connectivity index (χ3n) is 2.97. The highest BCUT2D eigenvalue weighted by atomic mass is 16.5. The van der Waals surface area contributed by atoms with E-state index in [0.29, 0.717) is 19.8 Å². The molecule has 0 aromatic rings. The van der Waals surface area contributed by atoms with Crippen LogP contribution in [0.1, 0.15) is 26.7 Å². The Morgan fingerprint density at radius 3 is 2.88 bits per heavy atom. The highest BCUT2D eigenvalue weighted by Gasteiger charge is 2.35. The highest BCUT2D eigenvalue weighted by molar-refractivity contribution is 5.80. The number of rotatable bonds is 7. The van der Waals surface area contributed by atoms with Crippen LogP contribution in [0.25, 0.3) is 0 Å². The van der Waals surface area contributed by atoms with Crippen LogP contribution in [0.2, 0.25) is 0 Å². The first-order chi connectivity index (χ1) is 8.12. The van der Waals surface area contributed by atoms with Crippen LogP contribution in [0.15, 0.2) is 0 Å². The molecule has 1 aliphatic heterocycles. The Morgan fingerprint density at radius 1 is 1.59 bits per heavy atom. The lowest BCUT2D eigenvalue weighted by Gasteiger charge is -2.28. The normalized spacial score (nSPS) is 23.4. The van der Waals surface area contributed by atoms with Crippen molar-refractivity contribution < 1.29 is 19.0 Å². The molecule has 0 aromatic heterocycles. The number of hydrogen-bond acceptors (Lipinski definition) is 5. The van der Waals surface area contributed by atoms with Crippen molar-refractivity contribution in [1.29, 1.82) is 0 Å². The second-order valence-electron chi connectivity index (χ2n) is 4.48. The van der Waals surface area contributed by atoms with E-state index in [9.17, 15) is 4.79 Å². The van der Waals surface area contributed by atoms with Crippen LogP contribution >= 0.6 is 0 Å². The van der Waals surface area contributed by atoms with Gasteiger partial charge < -0.3 is 14.2 Å². The van der Waals surface area contributed by atoms with Gasteiger partial charge in [-0.2, -0.15) is 0 Å². The average Bonchev–Trinajstić information content (AvgIpc) is 2.86. The van der Waals surface area contributed by atoms with E-state index in [-0.39, 0.29) is 12.1 Å². The predicted molar refractivity (Wildman–Crippen MR) is 63.9 cm³/mol. The lowest BCUT2D eigenvalue weighted by Crippen LogP contribution is -2.55. The molecule has 1 N–H and O–H groups in total. The number of methoxy groups -OCH3 is 1. The third kappa shape index (κ3) is 4.26. The molecule has 0 radical (unpaired) electrons. The molecule has 0 bridgehead atoms. The molecule has 0 aliphatic carbocycles. The monoisotopic (exact) mass is 245 g/mol. The Morgan fingerprint density at radius 2 is 2.35 bits per heavy atom. The van der Waals surface area contributed by atoms with Crippen molar-refractivity contribution in [3.8, 4) is 0 Å². The van der Waals surface area contributed by atoms with Gasteiger partial charge in [-0.3, -0.25) is 5.32 Å². The van der Waals surface area contributed by atoms with Gasteiger partial charge in [-0.15, -0.1) is 0 Å². The van der Waals surface area contributed by atoms with Gasteiger partial charge in [0, 0.05) is 19.8 Å². The largest absolute Gasteiger partial charge is 0.468 e.